The van der Waals surface area contributed by atoms with E-state index in [2.05, 4.69) is 46.4 Å². The minimum Gasteiger partial charge on any atom is -0.351 e. The van der Waals surface area contributed by atoms with E-state index in [-0.39, 0.29) is 11.9 Å². The molecule has 0 bridgehead atoms. The Kier molecular flexibility index (Phi) is 6.48. The zero-order valence-electron chi connectivity index (χ0n) is 14.6. The van der Waals surface area contributed by atoms with E-state index in [1.165, 1.54) is 11.1 Å². The molecule has 1 amide bonds. The first kappa shape index (κ1) is 18.0. The van der Waals surface area contributed by atoms with Gasteiger partial charge in [0.1, 0.15) is 0 Å². The number of hydrogen-bond acceptors (Lipinski definition) is 4. The van der Waals surface area contributed by atoms with Crippen molar-refractivity contribution in [3.8, 4) is 0 Å². The second-order valence-electron chi connectivity index (χ2n) is 6.48. The van der Waals surface area contributed by atoms with Crippen LogP contribution in [0.3, 0.4) is 0 Å². The van der Waals surface area contributed by atoms with Crippen LogP contribution in [0, 0.1) is 0 Å². The summed E-state index contributed by atoms with van der Waals surface area (Å²) in [5, 5.41) is 3.19. The molecule has 1 aliphatic heterocycles. The Morgan fingerprint density at radius 2 is 2.04 bits per heavy atom. The van der Waals surface area contributed by atoms with Gasteiger partial charge in [-0.2, -0.15) is 0 Å². The Balaban J connectivity index is 1.39. The Morgan fingerprint density at radius 1 is 1.28 bits per heavy atom. The maximum absolute atomic E-state index is 12.2. The summed E-state index contributed by atoms with van der Waals surface area (Å²) >= 11 is 1.65. The quantitative estimate of drug-likeness (QED) is 0.828. The van der Waals surface area contributed by atoms with Gasteiger partial charge in [0.05, 0.1) is 5.75 Å². The summed E-state index contributed by atoms with van der Waals surface area (Å²) in [4.78, 5) is 18.6. The molecule has 1 aromatic carbocycles. The van der Waals surface area contributed by atoms with Crippen molar-refractivity contribution < 1.29 is 4.79 Å². The molecule has 0 saturated carbocycles. The van der Waals surface area contributed by atoms with Gasteiger partial charge in [-0.1, -0.05) is 30.3 Å². The van der Waals surface area contributed by atoms with Crippen LogP contribution in [0.1, 0.15) is 30.5 Å². The number of rotatable bonds is 7. The first-order valence-electron chi connectivity index (χ1n) is 8.77. The molecule has 1 aliphatic rings. The molecule has 2 heterocycles. The Morgan fingerprint density at radius 3 is 2.80 bits per heavy atom. The number of nitrogens with one attached hydrogen (secondary N) is 1. The summed E-state index contributed by atoms with van der Waals surface area (Å²) in [6.45, 7) is 4.20. The monoisotopic (exact) mass is 355 g/mol. The molecule has 0 spiro atoms. The number of benzene rings is 1. The Bertz CT molecular complexity index is 665. The molecular weight excluding hydrogens is 330 g/mol. The predicted molar refractivity (Wildman–Crippen MR) is 103 cm³/mol. The second kappa shape index (κ2) is 9.02. The molecule has 0 aliphatic carbocycles. The van der Waals surface area contributed by atoms with E-state index in [0.29, 0.717) is 11.8 Å². The van der Waals surface area contributed by atoms with Crippen LogP contribution in [0.15, 0.2) is 54.9 Å². The van der Waals surface area contributed by atoms with Crippen molar-refractivity contribution in [3.05, 3.63) is 66.0 Å². The maximum atomic E-state index is 12.2. The van der Waals surface area contributed by atoms with Crippen LogP contribution < -0.4 is 5.32 Å². The van der Waals surface area contributed by atoms with Gasteiger partial charge in [0.2, 0.25) is 5.91 Å². The van der Waals surface area contributed by atoms with Gasteiger partial charge in [-0.25, -0.2) is 0 Å². The summed E-state index contributed by atoms with van der Waals surface area (Å²) in [7, 11) is 0. The van der Waals surface area contributed by atoms with Crippen molar-refractivity contribution in [3.63, 3.8) is 0 Å². The molecule has 1 N–H and O–H groups in total. The van der Waals surface area contributed by atoms with E-state index in [1.807, 2.05) is 18.2 Å². The van der Waals surface area contributed by atoms with Gasteiger partial charge in [0.15, 0.2) is 0 Å². The van der Waals surface area contributed by atoms with Gasteiger partial charge < -0.3 is 5.32 Å². The van der Waals surface area contributed by atoms with E-state index >= 15 is 0 Å². The lowest BCUT2D eigenvalue weighted by Gasteiger charge is -2.24. The first-order chi connectivity index (χ1) is 12.2. The van der Waals surface area contributed by atoms with Crippen molar-refractivity contribution in [1.82, 2.24) is 15.2 Å². The average molecular weight is 356 g/mol. The van der Waals surface area contributed by atoms with E-state index in [0.717, 1.165) is 25.3 Å². The number of likely N-dealkylation sites (tertiary alicyclic amines) is 1. The molecule has 5 heteroatoms. The van der Waals surface area contributed by atoms with E-state index in [9.17, 15) is 4.79 Å². The first-order valence-corrected chi connectivity index (χ1v) is 9.93. The number of amides is 1. The van der Waals surface area contributed by atoms with Gasteiger partial charge in [-0.05, 0) is 36.6 Å². The third kappa shape index (κ3) is 5.31. The number of carbonyl (C=O) groups is 1. The molecule has 3 rings (SSSR count). The molecule has 2 atom stereocenters. The predicted octanol–water partition coefficient (Wildman–Crippen LogP) is 3.27. The Hall–Kier alpha value is -1.85. The van der Waals surface area contributed by atoms with Crippen LogP contribution in [0.4, 0.5) is 0 Å². The largest absolute Gasteiger partial charge is 0.351 e. The summed E-state index contributed by atoms with van der Waals surface area (Å²) in [6, 6.07) is 15.2. The number of nitrogens with zero attached hydrogens (tertiary/aromatic N) is 2. The maximum Gasteiger partial charge on any atom is 0.230 e. The molecule has 0 unspecified atom stereocenters. The number of aromatic nitrogens is 1. The highest BCUT2D eigenvalue weighted by Gasteiger charge is 2.27. The lowest BCUT2D eigenvalue weighted by atomic mass is 10.1. The molecule has 1 aromatic heterocycles. The molecule has 25 heavy (non-hydrogen) atoms. The van der Waals surface area contributed by atoms with Crippen LogP contribution in [0.2, 0.25) is 0 Å². The van der Waals surface area contributed by atoms with E-state index < -0.39 is 0 Å². The third-order valence-corrected chi connectivity index (χ3v) is 5.67. The molecule has 4 nitrogen and oxygen atoms in total. The average Bonchev–Trinajstić information content (AvgIpc) is 3.11. The Labute approximate surface area is 154 Å². The number of carbonyl (C=O) groups excluding carboxylic acids is 1. The minimum absolute atomic E-state index is 0.137. The summed E-state index contributed by atoms with van der Waals surface area (Å²) < 4.78 is 0. The van der Waals surface area contributed by atoms with Gasteiger partial charge in [-0.15, -0.1) is 11.8 Å². The normalized spacial score (nSPS) is 18.8. The summed E-state index contributed by atoms with van der Waals surface area (Å²) in [5.74, 6) is 1.49. The fraction of sp³-hybridized carbons (Fsp3) is 0.400. The van der Waals surface area contributed by atoms with E-state index in [4.69, 9.17) is 0 Å². The molecule has 1 fully saturated rings. The summed E-state index contributed by atoms with van der Waals surface area (Å²) in [6.07, 6.45) is 4.60. The van der Waals surface area contributed by atoms with Crippen LogP contribution in [0.5, 0.6) is 0 Å². The highest BCUT2D eigenvalue weighted by molar-refractivity contribution is 7.99. The molecule has 1 saturated heterocycles. The van der Waals surface area contributed by atoms with Crippen molar-refractivity contribution in [2.24, 2.45) is 0 Å². The molecular formula is C20H25N3OS. The topological polar surface area (TPSA) is 45.2 Å². The highest BCUT2D eigenvalue weighted by Crippen LogP contribution is 2.24. The highest BCUT2D eigenvalue weighted by atomic mass is 32.2. The number of hydrogen-bond donors (Lipinski definition) is 1. The van der Waals surface area contributed by atoms with Crippen LogP contribution in [-0.4, -0.2) is 40.7 Å². The van der Waals surface area contributed by atoms with Gasteiger partial charge in [-0.3, -0.25) is 14.7 Å². The van der Waals surface area contributed by atoms with Crippen molar-refractivity contribution in [2.45, 2.75) is 31.2 Å². The minimum atomic E-state index is 0.137. The number of thioether (sulfide) groups is 1. The van der Waals surface area contributed by atoms with Crippen LogP contribution >= 0.6 is 11.8 Å². The molecule has 2 aromatic rings. The van der Waals surface area contributed by atoms with E-state index in [1.54, 1.807) is 24.2 Å². The molecule has 0 radical (unpaired) electrons. The standard InChI is InChI=1S/C20H25N3OS/c1-16(18-5-3-2-4-6-18)23-12-9-19(13-23)22-20(24)15-25-14-17-7-10-21-11-8-17/h2-8,10-11,16,19H,9,12-15H2,1H3,(H,22,24)/t16-,19-/m1/s1. The fourth-order valence-corrected chi connectivity index (χ4v) is 4.01. The lowest BCUT2D eigenvalue weighted by molar-refractivity contribution is -0.119. The lowest BCUT2D eigenvalue weighted by Crippen LogP contribution is -2.38. The van der Waals surface area contributed by atoms with Crippen molar-refractivity contribution >= 4 is 17.7 Å². The van der Waals surface area contributed by atoms with Gasteiger partial charge >= 0.3 is 0 Å². The SMILES string of the molecule is C[C@H](c1ccccc1)N1CC[C@@H](NC(=O)CSCc2ccncc2)C1. The third-order valence-electron chi connectivity index (χ3n) is 4.67. The van der Waals surface area contributed by atoms with Gasteiger partial charge in [0.25, 0.3) is 0 Å². The zero-order chi connectivity index (χ0) is 17.5. The smallest absolute Gasteiger partial charge is 0.230 e. The second-order valence-corrected chi connectivity index (χ2v) is 7.47. The van der Waals surface area contributed by atoms with Crippen molar-refractivity contribution in [1.29, 1.82) is 0 Å². The molecule has 132 valence electrons. The zero-order valence-corrected chi connectivity index (χ0v) is 15.4. The number of pyridine rings is 1. The fourth-order valence-electron chi connectivity index (χ4n) is 3.21. The summed E-state index contributed by atoms with van der Waals surface area (Å²) in [5.41, 5.74) is 2.54. The van der Waals surface area contributed by atoms with Crippen LogP contribution in [-0.2, 0) is 10.5 Å². The van der Waals surface area contributed by atoms with Gasteiger partial charge in [0, 0.05) is 43.3 Å². The van der Waals surface area contributed by atoms with Crippen LogP contribution in [0.25, 0.3) is 0 Å². The van der Waals surface area contributed by atoms with Crippen molar-refractivity contribution in [2.75, 3.05) is 18.8 Å².